The van der Waals surface area contributed by atoms with E-state index < -0.39 is 0 Å². The molecular weight excluding hydrogens is 218 g/mol. The van der Waals surface area contributed by atoms with Crippen LogP contribution in [-0.2, 0) is 0 Å². The molecule has 18 heavy (non-hydrogen) atoms. The molecule has 0 saturated heterocycles. The molecule has 1 fully saturated rings. The Balaban J connectivity index is 2.43. The van der Waals surface area contributed by atoms with Crippen molar-refractivity contribution in [1.82, 2.24) is 0 Å². The fourth-order valence-electron chi connectivity index (χ4n) is 3.34. The van der Waals surface area contributed by atoms with Gasteiger partial charge in [0.15, 0.2) is 0 Å². The van der Waals surface area contributed by atoms with Gasteiger partial charge in [-0.15, -0.1) is 0 Å². The Hall–Kier alpha value is -0.510. The van der Waals surface area contributed by atoms with Gasteiger partial charge in [-0.1, -0.05) is 53.4 Å². The number of hydrogen-bond donors (Lipinski definition) is 0. The minimum Gasteiger partial charge on any atom is -0.198 e. The van der Waals surface area contributed by atoms with Gasteiger partial charge in [0, 0.05) is 0 Å². The fourth-order valence-corrected chi connectivity index (χ4v) is 3.34. The van der Waals surface area contributed by atoms with Gasteiger partial charge in [0.25, 0.3) is 0 Å². The van der Waals surface area contributed by atoms with Crippen LogP contribution in [-0.4, -0.2) is 0 Å². The van der Waals surface area contributed by atoms with Gasteiger partial charge in [-0.25, -0.2) is 0 Å². The van der Waals surface area contributed by atoms with Crippen LogP contribution >= 0.6 is 0 Å². The number of unbranched alkanes of at least 4 members (excludes halogenated alkanes) is 3. The Kier molecular flexibility index (Phi) is 5.70. The molecular formula is C17H31N. The normalized spacial score (nSPS) is 28.9. The third kappa shape index (κ3) is 4.30. The molecule has 0 aromatic rings. The summed E-state index contributed by atoms with van der Waals surface area (Å²) < 4.78 is 0. The first-order valence-corrected chi connectivity index (χ1v) is 7.85. The monoisotopic (exact) mass is 249 g/mol. The standard InChI is InChI=1S/C17H31N/c1-5-6-7-8-11-17(14-18)12-9-15(10-13-17)16(2,3)4/h15H,5-13H2,1-4H3. The maximum Gasteiger partial charge on any atom is 0.0689 e. The van der Waals surface area contributed by atoms with E-state index in [9.17, 15) is 5.26 Å². The molecule has 0 radical (unpaired) electrons. The lowest BCUT2D eigenvalue weighted by molar-refractivity contribution is 0.114. The molecule has 0 atom stereocenters. The van der Waals surface area contributed by atoms with Gasteiger partial charge >= 0.3 is 0 Å². The highest BCUT2D eigenvalue weighted by molar-refractivity contribution is 5.02. The molecule has 0 N–H and O–H groups in total. The van der Waals surface area contributed by atoms with Crippen LogP contribution in [0.3, 0.4) is 0 Å². The molecule has 0 bridgehead atoms. The van der Waals surface area contributed by atoms with Crippen molar-refractivity contribution in [2.75, 3.05) is 0 Å². The second-order valence-electron chi connectivity index (χ2n) is 7.34. The number of rotatable bonds is 5. The molecule has 1 rings (SSSR count). The van der Waals surface area contributed by atoms with E-state index in [0.29, 0.717) is 5.41 Å². The van der Waals surface area contributed by atoms with Crippen LogP contribution < -0.4 is 0 Å². The molecule has 0 aromatic heterocycles. The zero-order valence-corrected chi connectivity index (χ0v) is 12.9. The lowest BCUT2D eigenvalue weighted by Gasteiger charge is -2.40. The van der Waals surface area contributed by atoms with Gasteiger partial charge in [-0.2, -0.15) is 5.26 Å². The largest absolute Gasteiger partial charge is 0.198 e. The number of hydrogen-bond acceptors (Lipinski definition) is 1. The predicted molar refractivity (Wildman–Crippen MR) is 78.2 cm³/mol. The van der Waals surface area contributed by atoms with E-state index in [1.54, 1.807) is 0 Å². The predicted octanol–water partition coefficient (Wildman–Crippen LogP) is 5.70. The first-order valence-electron chi connectivity index (χ1n) is 7.85. The quantitative estimate of drug-likeness (QED) is 0.573. The molecule has 0 unspecified atom stereocenters. The van der Waals surface area contributed by atoms with Gasteiger partial charge in [0.1, 0.15) is 0 Å². The lowest BCUT2D eigenvalue weighted by Crippen LogP contribution is -2.31. The van der Waals surface area contributed by atoms with Crippen LogP contribution in [0.2, 0.25) is 0 Å². The smallest absolute Gasteiger partial charge is 0.0689 e. The summed E-state index contributed by atoms with van der Waals surface area (Å²) in [5.74, 6) is 0.814. The van der Waals surface area contributed by atoms with E-state index in [4.69, 9.17) is 0 Å². The van der Waals surface area contributed by atoms with Crippen LogP contribution in [0.1, 0.15) is 85.5 Å². The average Bonchev–Trinajstić information content (AvgIpc) is 2.34. The molecule has 0 amide bonds. The summed E-state index contributed by atoms with van der Waals surface area (Å²) in [7, 11) is 0. The highest BCUT2D eigenvalue weighted by atomic mass is 14.4. The molecule has 104 valence electrons. The van der Waals surface area contributed by atoms with Crippen molar-refractivity contribution in [3.05, 3.63) is 0 Å². The maximum atomic E-state index is 9.54. The lowest BCUT2D eigenvalue weighted by atomic mass is 9.63. The van der Waals surface area contributed by atoms with E-state index in [0.717, 1.165) is 25.2 Å². The van der Waals surface area contributed by atoms with Crippen molar-refractivity contribution in [2.45, 2.75) is 85.5 Å². The summed E-state index contributed by atoms with van der Waals surface area (Å²) in [6.45, 7) is 9.28. The van der Waals surface area contributed by atoms with Crippen molar-refractivity contribution in [1.29, 1.82) is 5.26 Å². The van der Waals surface area contributed by atoms with Gasteiger partial charge in [-0.05, 0) is 43.4 Å². The molecule has 1 nitrogen and oxygen atoms in total. The van der Waals surface area contributed by atoms with Crippen LogP contribution in [0.15, 0.2) is 0 Å². The van der Waals surface area contributed by atoms with Crippen molar-refractivity contribution < 1.29 is 0 Å². The average molecular weight is 249 g/mol. The third-order valence-corrected chi connectivity index (χ3v) is 4.91. The van der Waals surface area contributed by atoms with Crippen molar-refractivity contribution >= 4 is 0 Å². The minimum absolute atomic E-state index is 0.0233. The van der Waals surface area contributed by atoms with Gasteiger partial charge in [0.2, 0.25) is 0 Å². The SMILES string of the molecule is CCCCCCC1(C#N)CCC(C(C)(C)C)CC1. The molecule has 0 spiro atoms. The molecule has 0 aromatic carbocycles. The summed E-state index contributed by atoms with van der Waals surface area (Å²) >= 11 is 0. The Bertz CT molecular complexity index is 271. The highest BCUT2D eigenvalue weighted by Crippen LogP contribution is 2.47. The highest BCUT2D eigenvalue weighted by Gasteiger charge is 2.38. The van der Waals surface area contributed by atoms with Crippen LogP contribution in [0.25, 0.3) is 0 Å². The van der Waals surface area contributed by atoms with Crippen LogP contribution in [0, 0.1) is 28.1 Å². The molecule has 1 heteroatoms. The first kappa shape index (κ1) is 15.5. The Labute approximate surface area is 114 Å². The van der Waals surface area contributed by atoms with E-state index in [1.165, 1.54) is 38.5 Å². The Morgan fingerprint density at radius 2 is 1.72 bits per heavy atom. The zero-order valence-electron chi connectivity index (χ0n) is 12.9. The van der Waals surface area contributed by atoms with E-state index in [-0.39, 0.29) is 5.41 Å². The molecule has 0 heterocycles. The summed E-state index contributed by atoms with van der Waals surface area (Å²) in [6.07, 6.45) is 11.1. The third-order valence-electron chi connectivity index (χ3n) is 4.91. The van der Waals surface area contributed by atoms with Crippen LogP contribution in [0.5, 0.6) is 0 Å². The van der Waals surface area contributed by atoms with E-state index in [1.807, 2.05) is 0 Å². The topological polar surface area (TPSA) is 23.8 Å². The Morgan fingerprint density at radius 3 is 2.17 bits per heavy atom. The first-order chi connectivity index (χ1) is 8.43. The van der Waals surface area contributed by atoms with E-state index in [2.05, 4.69) is 33.8 Å². The van der Waals surface area contributed by atoms with Crippen molar-refractivity contribution in [3.63, 3.8) is 0 Å². The molecule has 1 aliphatic carbocycles. The number of nitrogens with zero attached hydrogens (tertiary/aromatic N) is 1. The zero-order chi connectivity index (χ0) is 13.6. The summed E-state index contributed by atoms with van der Waals surface area (Å²) in [5, 5.41) is 9.54. The van der Waals surface area contributed by atoms with Crippen LogP contribution in [0.4, 0.5) is 0 Å². The van der Waals surface area contributed by atoms with Crippen molar-refractivity contribution in [2.24, 2.45) is 16.7 Å². The van der Waals surface area contributed by atoms with Gasteiger partial charge < -0.3 is 0 Å². The maximum absolute atomic E-state index is 9.54. The van der Waals surface area contributed by atoms with Gasteiger partial charge in [0.05, 0.1) is 11.5 Å². The number of nitriles is 1. The van der Waals surface area contributed by atoms with Gasteiger partial charge in [-0.3, -0.25) is 0 Å². The van der Waals surface area contributed by atoms with Crippen molar-refractivity contribution in [3.8, 4) is 6.07 Å². The fraction of sp³-hybridized carbons (Fsp3) is 0.941. The summed E-state index contributed by atoms with van der Waals surface area (Å²) in [5.41, 5.74) is 0.444. The molecule has 1 aliphatic rings. The molecule has 0 aliphatic heterocycles. The minimum atomic E-state index is 0.0233. The summed E-state index contributed by atoms with van der Waals surface area (Å²) in [6, 6.07) is 2.67. The Morgan fingerprint density at radius 1 is 1.11 bits per heavy atom. The van der Waals surface area contributed by atoms with E-state index >= 15 is 0 Å². The molecule has 1 saturated carbocycles. The summed E-state index contributed by atoms with van der Waals surface area (Å²) in [4.78, 5) is 0. The second kappa shape index (κ2) is 6.60. The second-order valence-corrected chi connectivity index (χ2v) is 7.34.